The lowest BCUT2D eigenvalue weighted by Crippen LogP contribution is -2.27. The fraction of sp³-hybridized carbons (Fsp3) is 0.250. The molecule has 0 saturated heterocycles. The molecule has 0 aliphatic rings. The summed E-state index contributed by atoms with van der Waals surface area (Å²) in [5.74, 6) is 0.983. The molecule has 0 unspecified atom stereocenters. The van der Waals surface area contributed by atoms with Gasteiger partial charge in [0.15, 0.2) is 11.0 Å². The molecule has 1 N–H and O–H groups in total. The van der Waals surface area contributed by atoms with Gasteiger partial charge in [0.1, 0.15) is 11.6 Å². The zero-order chi connectivity index (χ0) is 19.9. The predicted molar refractivity (Wildman–Crippen MR) is 107 cm³/mol. The lowest BCUT2D eigenvalue weighted by Gasteiger charge is -2.09. The van der Waals surface area contributed by atoms with Crippen molar-refractivity contribution in [1.29, 1.82) is 0 Å². The van der Waals surface area contributed by atoms with Gasteiger partial charge in [0.25, 0.3) is 0 Å². The Bertz CT molecular complexity index is 961. The highest BCUT2D eigenvalue weighted by Gasteiger charge is 2.15. The standard InChI is InChI=1S/C20H21FN4O2S/c1-25-19(15-8-4-5-9-16(15)21)23-24-20(25)28-13-18(26)22-12-11-14-7-3-6-10-17(14)27-2/h3-10H,11-13H2,1-2H3,(H,22,26). The third kappa shape index (κ3) is 4.69. The first-order valence-corrected chi connectivity index (χ1v) is 9.74. The van der Waals surface area contributed by atoms with Gasteiger partial charge in [0.2, 0.25) is 5.91 Å². The van der Waals surface area contributed by atoms with Crippen molar-refractivity contribution in [2.75, 3.05) is 19.4 Å². The Hall–Kier alpha value is -2.87. The summed E-state index contributed by atoms with van der Waals surface area (Å²) in [5, 5.41) is 11.6. The SMILES string of the molecule is COc1ccccc1CCNC(=O)CSc1nnc(-c2ccccc2F)n1C. The van der Waals surface area contributed by atoms with Crippen LogP contribution < -0.4 is 10.1 Å². The van der Waals surface area contributed by atoms with E-state index in [1.807, 2.05) is 24.3 Å². The number of nitrogens with one attached hydrogen (secondary N) is 1. The van der Waals surface area contributed by atoms with Crippen molar-refractivity contribution in [1.82, 2.24) is 20.1 Å². The molecule has 0 aliphatic carbocycles. The second-order valence-electron chi connectivity index (χ2n) is 6.05. The zero-order valence-electron chi connectivity index (χ0n) is 15.7. The summed E-state index contributed by atoms with van der Waals surface area (Å²) >= 11 is 1.26. The Balaban J connectivity index is 1.52. The topological polar surface area (TPSA) is 69.0 Å². The van der Waals surface area contributed by atoms with E-state index in [2.05, 4.69) is 15.5 Å². The van der Waals surface area contributed by atoms with Crippen LogP contribution in [0.5, 0.6) is 5.75 Å². The number of nitrogens with zero attached hydrogens (tertiary/aromatic N) is 3. The molecule has 1 aromatic heterocycles. The molecule has 3 aromatic rings. The van der Waals surface area contributed by atoms with Crippen molar-refractivity contribution in [3.05, 3.63) is 59.9 Å². The highest BCUT2D eigenvalue weighted by atomic mass is 32.2. The van der Waals surface area contributed by atoms with Crippen LogP contribution in [-0.2, 0) is 18.3 Å². The molecule has 2 aromatic carbocycles. The zero-order valence-corrected chi connectivity index (χ0v) is 16.5. The number of carbonyl (C=O) groups excluding carboxylic acids is 1. The van der Waals surface area contributed by atoms with Crippen molar-refractivity contribution in [2.24, 2.45) is 7.05 Å². The maximum absolute atomic E-state index is 14.0. The summed E-state index contributed by atoms with van der Waals surface area (Å²) in [7, 11) is 3.38. The maximum atomic E-state index is 14.0. The van der Waals surface area contributed by atoms with Gasteiger partial charge in [0.05, 0.1) is 18.4 Å². The van der Waals surface area contributed by atoms with Crippen molar-refractivity contribution >= 4 is 17.7 Å². The summed E-state index contributed by atoms with van der Waals surface area (Å²) in [6, 6.07) is 14.1. The summed E-state index contributed by atoms with van der Waals surface area (Å²) in [4.78, 5) is 12.1. The van der Waals surface area contributed by atoms with E-state index in [4.69, 9.17) is 4.74 Å². The summed E-state index contributed by atoms with van der Waals surface area (Å²) in [5.41, 5.74) is 1.42. The van der Waals surface area contributed by atoms with E-state index in [9.17, 15) is 9.18 Å². The van der Waals surface area contributed by atoms with E-state index in [0.717, 1.165) is 11.3 Å². The van der Waals surface area contributed by atoms with E-state index in [0.29, 0.717) is 29.5 Å². The number of ether oxygens (including phenoxy) is 1. The molecule has 1 heterocycles. The third-order valence-electron chi connectivity index (χ3n) is 4.19. The maximum Gasteiger partial charge on any atom is 0.230 e. The average Bonchev–Trinajstić information content (AvgIpc) is 3.07. The highest BCUT2D eigenvalue weighted by molar-refractivity contribution is 7.99. The van der Waals surface area contributed by atoms with Crippen LogP contribution in [0.4, 0.5) is 4.39 Å². The van der Waals surface area contributed by atoms with Gasteiger partial charge in [0, 0.05) is 13.6 Å². The summed E-state index contributed by atoms with van der Waals surface area (Å²) in [6.07, 6.45) is 0.682. The molecule has 0 atom stereocenters. The van der Waals surface area contributed by atoms with Gasteiger partial charge in [-0.1, -0.05) is 42.1 Å². The Labute approximate surface area is 167 Å². The molecule has 3 rings (SSSR count). The number of hydrogen-bond acceptors (Lipinski definition) is 5. The molecule has 1 amide bonds. The van der Waals surface area contributed by atoms with Crippen LogP contribution >= 0.6 is 11.8 Å². The molecular formula is C20H21FN4O2S. The number of methoxy groups -OCH3 is 1. The lowest BCUT2D eigenvalue weighted by atomic mass is 10.1. The number of thioether (sulfide) groups is 1. The van der Waals surface area contributed by atoms with Crippen LogP contribution in [0.2, 0.25) is 0 Å². The van der Waals surface area contributed by atoms with E-state index in [-0.39, 0.29) is 17.5 Å². The number of amides is 1. The van der Waals surface area contributed by atoms with Crippen molar-refractivity contribution in [3.8, 4) is 17.1 Å². The summed E-state index contributed by atoms with van der Waals surface area (Å²) in [6.45, 7) is 0.513. The minimum atomic E-state index is -0.358. The van der Waals surface area contributed by atoms with E-state index in [1.54, 1.807) is 36.9 Å². The lowest BCUT2D eigenvalue weighted by molar-refractivity contribution is -0.118. The Morgan fingerprint density at radius 1 is 1.18 bits per heavy atom. The first kappa shape index (κ1) is 19.9. The number of benzene rings is 2. The van der Waals surface area contributed by atoms with Crippen LogP contribution in [0.1, 0.15) is 5.56 Å². The van der Waals surface area contributed by atoms with E-state index in [1.165, 1.54) is 17.8 Å². The molecule has 0 aliphatic heterocycles. The molecule has 0 spiro atoms. The van der Waals surface area contributed by atoms with Crippen molar-refractivity contribution in [2.45, 2.75) is 11.6 Å². The molecule has 0 fully saturated rings. The fourth-order valence-corrected chi connectivity index (χ4v) is 3.49. The monoisotopic (exact) mass is 400 g/mol. The van der Waals surface area contributed by atoms with E-state index >= 15 is 0 Å². The number of rotatable bonds is 8. The number of carbonyl (C=O) groups is 1. The predicted octanol–water partition coefficient (Wildman–Crippen LogP) is 3.08. The van der Waals surface area contributed by atoms with Crippen LogP contribution in [0.3, 0.4) is 0 Å². The molecule has 0 bridgehead atoms. The largest absolute Gasteiger partial charge is 0.496 e. The van der Waals surface area contributed by atoms with Crippen LogP contribution in [0.25, 0.3) is 11.4 Å². The second-order valence-corrected chi connectivity index (χ2v) is 6.99. The molecule has 0 saturated carbocycles. The molecule has 146 valence electrons. The summed E-state index contributed by atoms with van der Waals surface area (Å²) < 4.78 is 20.9. The Kier molecular flexibility index (Phi) is 6.65. The number of hydrogen-bond donors (Lipinski definition) is 1. The van der Waals surface area contributed by atoms with Gasteiger partial charge in [-0.3, -0.25) is 4.79 Å². The second kappa shape index (κ2) is 9.36. The quantitative estimate of drug-likeness (QED) is 0.589. The first-order chi connectivity index (χ1) is 13.6. The van der Waals surface area contributed by atoms with Gasteiger partial charge < -0.3 is 14.6 Å². The van der Waals surface area contributed by atoms with Gasteiger partial charge in [-0.25, -0.2) is 4.39 Å². The number of halogens is 1. The molecular weight excluding hydrogens is 379 g/mol. The third-order valence-corrected chi connectivity index (χ3v) is 5.21. The van der Waals surface area contributed by atoms with E-state index < -0.39 is 0 Å². The van der Waals surface area contributed by atoms with Gasteiger partial charge in [-0.05, 0) is 30.2 Å². The highest BCUT2D eigenvalue weighted by Crippen LogP contribution is 2.24. The minimum absolute atomic E-state index is 0.102. The van der Waals surface area contributed by atoms with Crippen LogP contribution in [0, 0.1) is 5.82 Å². The average molecular weight is 400 g/mol. The Morgan fingerprint density at radius 3 is 2.71 bits per heavy atom. The van der Waals surface area contributed by atoms with Crippen LogP contribution in [0.15, 0.2) is 53.7 Å². The molecule has 0 radical (unpaired) electrons. The first-order valence-electron chi connectivity index (χ1n) is 8.76. The fourth-order valence-electron chi connectivity index (χ4n) is 2.74. The smallest absolute Gasteiger partial charge is 0.230 e. The molecule has 6 nitrogen and oxygen atoms in total. The number of para-hydroxylation sites is 1. The Morgan fingerprint density at radius 2 is 1.93 bits per heavy atom. The number of aromatic nitrogens is 3. The molecule has 28 heavy (non-hydrogen) atoms. The molecule has 8 heteroatoms. The van der Waals surface area contributed by atoms with Crippen molar-refractivity contribution in [3.63, 3.8) is 0 Å². The van der Waals surface area contributed by atoms with Gasteiger partial charge >= 0.3 is 0 Å². The van der Waals surface area contributed by atoms with Gasteiger partial charge in [-0.2, -0.15) is 0 Å². The van der Waals surface area contributed by atoms with Crippen molar-refractivity contribution < 1.29 is 13.9 Å². The minimum Gasteiger partial charge on any atom is -0.496 e. The van der Waals surface area contributed by atoms with Crippen LogP contribution in [-0.4, -0.2) is 40.1 Å². The normalized spacial score (nSPS) is 10.7. The van der Waals surface area contributed by atoms with Gasteiger partial charge in [-0.15, -0.1) is 10.2 Å².